The lowest BCUT2D eigenvalue weighted by atomic mass is 9.95. The van der Waals surface area contributed by atoms with Gasteiger partial charge >= 0.3 is 0 Å². The predicted octanol–water partition coefficient (Wildman–Crippen LogP) is 2.32. The van der Waals surface area contributed by atoms with Gasteiger partial charge in [0.15, 0.2) is 11.6 Å². The normalized spacial score (nSPS) is 24.4. The van der Waals surface area contributed by atoms with E-state index in [9.17, 15) is 14.3 Å². The molecule has 1 aromatic carbocycles. The minimum Gasteiger partial charge on any atom is -0.485 e. The van der Waals surface area contributed by atoms with E-state index in [1.807, 2.05) is 0 Å². The van der Waals surface area contributed by atoms with Gasteiger partial charge in [0.05, 0.1) is 6.10 Å². The van der Waals surface area contributed by atoms with Crippen LogP contribution in [0.5, 0.6) is 5.75 Å². The van der Waals surface area contributed by atoms with Gasteiger partial charge in [0.1, 0.15) is 12.4 Å². The number of hydrogen-bond acceptors (Lipinski definition) is 3. The molecule has 0 amide bonds. The summed E-state index contributed by atoms with van der Waals surface area (Å²) < 4.78 is 19.0. The highest BCUT2D eigenvalue weighted by molar-refractivity contribution is 5.74. The van der Waals surface area contributed by atoms with Gasteiger partial charge in [-0.3, -0.25) is 4.79 Å². The van der Waals surface area contributed by atoms with Crippen LogP contribution in [0.1, 0.15) is 36.0 Å². The third-order valence-electron chi connectivity index (χ3n) is 3.04. The number of aliphatic hydroxyl groups is 1. The van der Waals surface area contributed by atoms with Crippen molar-refractivity contribution in [1.29, 1.82) is 0 Å². The SMILES string of the molecule is O=Cc1ccc(OC2CCCCC2O)c(F)c1. The maximum absolute atomic E-state index is 13.6. The van der Waals surface area contributed by atoms with Crippen LogP contribution in [0.4, 0.5) is 4.39 Å². The second-order valence-electron chi connectivity index (χ2n) is 4.32. The zero-order valence-corrected chi connectivity index (χ0v) is 9.43. The number of rotatable bonds is 3. The smallest absolute Gasteiger partial charge is 0.165 e. The molecule has 1 saturated carbocycles. The minimum absolute atomic E-state index is 0.0987. The fourth-order valence-corrected chi connectivity index (χ4v) is 2.06. The Morgan fingerprint density at radius 2 is 2.12 bits per heavy atom. The average molecular weight is 238 g/mol. The molecule has 2 atom stereocenters. The molecular formula is C13H15FO3. The van der Waals surface area contributed by atoms with Crippen LogP contribution in [-0.4, -0.2) is 23.6 Å². The van der Waals surface area contributed by atoms with Gasteiger partial charge in [0.2, 0.25) is 0 Å². The fourth-order valence-electron chi connectivity index (χ4n) is 2.06. The van der Waals surface area contributed by atoms with E-state index in [0.717, 1.165) is 25.3 Å². The number of carbonyl (C=O) groups excluding carboxylic acids is 1. The van der Waals surface area contributed by atoms with Gasteiger partial charge in [-0.1, -0.05) is 6.42 Å². The number of carbonyl (C=O) groups is 1. The topological polar surface area (TPSA) is 46.5 Å². The maximum Gasteiger partial charge on any atom is 0.165 e. The molecule has 1 fully saturated rings. The van der Waals surface area contributed by atoms with Crippen LogP contribution in [-0.2, 0) is 0 Å². The zero-order valence-electron chi connectivity index (χ0n) is 9.43. The summed E-state index contributed by atoms with van der Waals surface area (Å²) in [6.45, 7) is 0. The van der Waals surface area contributed by atoms with E-state index in [2.05, 4.69) is 0 Å². The summed E-state index contributed by atoms with van der Waals surface area (Å²) in [5.41, 5.74) is 0.277. The van der Waals surface area contributed by atoms with E-state index in [1.165, 1.54) is 12.1 Å². The summed E-state index contributed by atoms with van der Waals surface area (Å²) in [5.74, 6) is -0.464. The van der Waals surface area contributed by atoms with Gasteiger partial charge in [-0.2, -0.15) is 0 Å². The molecule has 2 rings (SSSR count). The Hall–Kier alpha value is -1.42. The molecular weight excluding hydrogens is 223 g/mol. The lowest BCUT2D eigenvalue weighted by Gasteiger charge is -2.28. The standard InChI is InChI=1S/C13H15FO3/c14-10-7-9(8-15)5-6-12(10)17-13-4-2-1-3-11(13)16/h5-8,11,13,16H,1-4H2. The first kappa shape index (κ1) is 12.0. The molecule has 4 heteroatoms. The monoisotopic (exact) mass is 238 g/mol. The third kappa shape index (κ3) is 2.82. The second kappa shape index (κ2) is 5.27. The van der Waals surface area contributed by atoms with E-state index < -0.39 is 11.9 Å². The van der Waals surface area contributed by atoms with Crippen molar-refractivity contribution in [2.24, 2.45) is 0 Å². The van der Waals surface area contributed by atoms with Crippen LogP contribution >= 0.6 is 0 Å². The number of aliphatic hydroxyl groups excluding tert-OH is 1. The summed E-state index contributed by atoms with van der Waals surface area (Å²) in [6, 6.07) is 4.07. The van der Waals surface area contributed by atoms with Gasteiger partial charge in [-0.05, 0) is 37.5 Å². The highest BCUT2D eigenvalue weighted by Gasteiger charge is 2.25. The van der Waals surface area contributed by atoms with Crippen LogP contribution in [0, 0.1) is 5.82 Å². The van der Waals surface area contributed by atoms with Gasteiger partial charge in [0, 0.05) is 5.56 Å². The van der Waals surface area contributed by atoms with Crippen molar-refractivity contribution < 1.29 is 19.0 Å². The molecule has 17 heavy (non-hydrogen) atoms. The van der Waals surface area contributed by atoms with Crippen molar-refractivity contribution in [2.75, 3.05) is 0 Å². The lowest BCUT2D eigenvalue weighted by molar-refractivity contribution is 0.00499. The van der Waals surface area contributed by atoms with Crippen molar-refractivity contribution >= 4 is 6.29 Å². The Balaban J connectivity index is 2.09. The van der Waals surface area contributed by atoms with Gasteiger partial charge < -0.3 is 9.84 Å². The fraction of sp³-hybridized carbons (Fsp3) is 0.462. The van der Waals surface area contributed by atoms with E-state index in [4.69, 9.17) is 4.74 Å². The summed E-state index contributed by atoms with van der Waals surface area (Å²) in [4.78, 5) is 10.5. The predicted molar refractivity (Wildman–Crippen MR) is 60.7 cm³/mol. The molecule has 1 aliphatic carbocycles. The Labute approximate surface area is 99.2 Å². The molecule has 2 unspecified atom stereocenters. The summed E-state index contributed by atoms with van der Waals surface area (Å²) in [6.07, 6.45) is 3.09. The van der Waals surface area contributed by atoms with Gasteiger partial charge in [0.25, 0.3) is 0 Å². The number of benzene rings is 1. The van der Waals surface area contributed by atoms with Crippen LogP contribution in [0.25, 0.3) is 0 Å². The Bertz CT molecular complexity index is 406. The maximum atomic E-state index is 13.6. The highest BCUT2D eigenvalue weighted by Crippen LogP contribution is 2.26. The van der Waals surface area contributed by atoms with Crippen LogP contribution in [0.15, 0.2) is 18.2 Å². The van der Waals surface area contributed by atoms with Crippen molar-refractivity contribution in [3.05, 3.63) is 29.6 Å². The Kier molecular flexibility index (Phi) is 3.74. The van der Waals surface area contributed by atoms with Gasteiger partial charge in [-0.25, -0.2) is 4.39 Å². The Morgan fingerprint density at radius 1 is 1.35 bits per heavy atom. The molecule has 0 saturated heterocycles. The van der Waals surface area contributed by atoms with Crippen molar-refractivity contribution in [1.82, 2.24) is 0 Å². The molecule has 92 valence electrons. The minimum atomic E-state index is -0.563. The highest BCUT2D eigenvalue weighted by atomic mass is 19.1. The molecule has 0 aliphatic heterocycles. The van der Waals surface area contributed by atoms with Crippen LogP contribution in [0.3, 0.4) is 0 Å². The second-order valence-corrected chi connectivity index (χ2v) is 4.32. The molecule has 1 N–H and O–H groups in total. The van der Waals surface area contributed by atoms with E-state index >= 15 is 0 Å². The molecule has 0 heterocycles. The zero-order chi connectivity index (χ0) is 12.3. The van der Waals surface area contributed by atoms with Gasteiger partial charge in [-0.15, -0.1) is 0 Å². The summed E-state index contributed by atoms with van der Waals surface area (Å²) in [5, 5.41) is 9.72. The lowest BCUT2D eigenvalue weighted by Crippen LogP contribution is -2.34. The number of aldehydes is 1. The van der Waals surface area contributed by atoms with E-state index in [1.54, 1.807) is 0 Å². The van der Waals surface area contributed by atoms with Crippen molar-refractivity contribution in [3.63, 3.8) is 0 Å². The number of ether oxygens (including phenoxy) is 1. The molecule has 1 aliphatic rings. The molecule has 0 aromatic heterocycles. The quantitative estimate of drug-likeness (QED) is 0.822. The number of hydrogen-bond donors (Lipinski definition) is 1. The number of halogens is 1. The first-order chi connectivity index (χ1) is 8.20. The molecule has 3 nitrogen and oxygen atoms in total. The van der Waals surface area contributed by atoms with Crippen molar-refractivity contribution in [3.8, 4) is 5.75 Å². The van der Waals surface area contributed by atoms with Crippen LogP contribution < -0.4 is 4.74 Å². The van der Waals surface area contributed by atoms with E-state index in [0.29, 0.717) is 12.7 Å². The summed E-state index contributed by atoms with van der Waals surface area (Å²) in [7, 11) is 0. The van der Waals surface area contributed by atoms with Crippen molar-refractivity contribution in [2.45, 2.75) is 37.9 Å². The summed E-state index contributed by atoms with van der Waals surface area (Å²) >= 11 is 0. The average Bonchev–Trinajstić information content (AvgIpc) is 2.34. The van der Waals surface area contributed by atoms with Crippen LogP contribution in [0.2, 0.25) is 0 Å². The third-order valence-corrected chi connectivity index (χ3v) is 3.04. The molecule has 0 radical (unpaired) electrons. The Morgan fingerprint density at radius 3 is 2.76 bits per heavy atom. The molecule has 0 bridgehead atoms. The van der Waals surface area contributed by atoms with E-state index in [-0.39, 0.29) is 17.4 Å². The molecule has 1 aromatic rings. The first-order valence-electron chi connectivity index (χ1n) is 5.80. The molecule has 0 spiro atoms. The first-order valence-corrected chi connectivity index (χ1v) is 5.80. The largest absolute Gasteiger partial charge is 0.485 e.